The van der Waals surface area contributed by atoms with Crippen LogP contribution < -0.4 is 22.1 Å². The smallest absolute Gasteiger partial charge is 0.408 e. The van der Waals surface area contributed by atoms with Crippen LogP contribution in [0.1, 0.15) is 39.4 Å². The van der Waals surface area contributed by atoms with Gasteiger partial charge in [-0.25, -0.2) is 14.3 Å². The van der Waals surface area contributed by atoms with Gasteiger partial charge in [0.1, 0.15) is 11.4 Å². The van der Waals surface area contributed by atoms with Gasteiger partial charge in [0, 0.05) is 50.8 Å². The number of benzene rings is 1. The Bertz CT molecular complexity index is 1570. The Morgan fingerprint density at radius 3 is 2.71 bits per heavy atom. The Labute approximate surface area is 218 Å². The number of hydrogen-bond donors (Lipinski definition) is 3. The molecule has 6 rings (SSSR count). The van der Waals surface area contributed by atoms with Crippen molar-refractivity contribution >= 4 is 28.6 Å². The van der Waals surface area contributed by atoms with Gasteiger partial charge in [-0.15, -0.1) is 0 Å². The van der Waals surface area contributed by atoms with Gasteiger partial charge in [-0.1, -0.05) is 6.07 Å². The molecule has 4 N–H and O–H groups in total. The number of fused-ring (bicyclic) bond motifs is 3. The predicted octanol–water partition coefficient (Wildman–Crippen LogP) is 0.751. The number of hydrogen-bond acceptors (Lipinski definition) is 8. The van der Waals surface area contributed by atoms with E-state index in [2.05, 4.69) is 38.4 Å². The zero-order valence-electron chi connectivity index (χ0n) is 21.7. The topological polar surface area (TPSA) is 153 Å². The standard InChI is InChI=1S/C25H27N7O4.CH5N/c1-30-12-16-5-7-25(16,14-30)13-27-23(34)19-10-17(29-21-6-8-28-32(19)21)22(33)26-11-15-3-4-20-18(9-15)31(2)24(35)36-20;1-2/h3-4,6,8-10,16H,5,7,11-14H2,1-2H3,(H,26,33)(H,27,34);2H2,1H3. The molecular formula is C26H32N8O4. The highest BCUT2D eigenvalue weighted by Crippen LogP contribution is 2.51. The lowest BCUT2D eigenvalue weighted by atomic mass is 9.62. The third-order valence-corrected chi connectivity index (χ3v) is 7.71. The molecule has 2 aliphatic rings. The van der Waals surface area contributed by atoms with Gasteiger partial charge in [-0.3, -0.25) is 14.2 Å². The molecule has 12 nitrogen and oxygen atoms in total. The van der Waals surface area contributed by atoms with Crippen molar-refractivity contribution in [1.29, 1.82) is 0 Å². The first kappa shape index (κ1) is 25.6. The summed E-state index contributed by atoms with van der Waals surface area (Å²) in [7, 11) is 5.25. The summed E-state index contributed by atoms with van der Waals surface area (Å²) in [6, 6.07) is 8.41. The number of amides is 2. The highest BCUT2D eigenvalue weighted by Gasteiger charge is 2.51. The number of carbonyl (C=O) groups excluding carboxylic acids is 2. The molecule has 1 aliphatic heterocycles. The van der Waals surface area contributed by atoms with Crippen molar-refractivity contribution in [3.05, 3.63) is 64.0 Å². The van der Waals surface area contributed by atoms with Crippen LogP contribution in [0.3, 0.4) is 0 Å². The fourth-order valence-corrected chi connectivity index (χ4v) is 5.61. The molecule has 12 heteroatoms. The first-order valence-corrected chi connectivity index (χ1v) is 12.6. The van der Waals surface area contributed by atoms with E-state index in [4.69, 9.17) is 4.42 Å². The third kappa shape index (κ3) is 4.45. The Hall–Kier alpha value is -4.03. The summed E-state index contributed by atoms with van der Waals surface area (Å²) in [4.78, 5) is 44.6. The monoisotopic (exact) mass is 520 g/mol. The molecule has 3 aromatic heterocycles. The van der Waals surface area contributed by atoms with Crippen LogP contribution in [0.5, 0.6) is 0 Å². The lowest BCUT2D eigenvalue weighted by Crippen LogP contribution is -2.48. The Kier molecular flexibility index (Phi) is 6.76. The van der Waals surface area contributed by atoms with Crippen LogP contribution in [0.25, 0.3) is 16.7 Å². The van der Waals surface area contributed by atoms with E-state index in [1.54, 1.807) is 37.5 Å². The van der Waals surface area contributed by atoms with E-state index < -0.39 is 11.7 Å². The van der Waals surface area contributed by atoms with E-state index in [0.717, 1.165) is 25.1 Å². The van der Waals surface area contributed by atoms with Crippen molar-refractivity contribution in [2.24, 2.45) is 24.1 Å². The van der Waals surface area contributed by atoms with Gasteiger partial charge in [-0.05, 0) is 50.6 Å². The number of nitrogens with two attached hydrogens (primary N) is 1. The number of oxazole rings is 1. The van der Waals surface area contributed by atoms with Crippen LogP contribution in [-0.4, -0.2) is 69.6 Å². The SMILES string of the molecule is CN.CN1CC2CCC2(CNC(=O)c2cc(C(=O)NCc3ccc4oc(=O)n(C)c4c3)nc3ccnn23)C1. The third-order valence-electron chi connectivity index (χ3n) is 7.71. The van der Waals surface area contributed by atoms with Crippen LogP contribution in [0, 0.1) is 11.3 Å². The predicted molar refractivity (Wildman–Crippen MR) is 141 cm³/mol. The quantitative estimate of drug-likeness (QED) is 0.337. The number of rotatable bonds is 6. The van der Waals surface area contributed by atoms with Gasteiger partial charge < -0.3 is 25.7 Å². The van der Waals surface area contributed by atoms with E-state index >= 15 is 0 Å². The van der Waals surface area contributed by atoms with E-state index in [-0.39, 0.29) is 29.3 Å². The minimum Gasteiger partial charge on any atom is -0.408 e. The van der Waals surface area contributed by atoms with E-state index in [1.165, 1.54) is 28.6 Å². The normalized spacial score (nSPS) is 20.5. The second-order valence-corrected chi connectivity index (χ2v) is 10.0. The van der Waals surface area contributed by atoms with Crippen molar-refractivity contribution in [3.8, 4) is 0 Å². The summed E-state index contributed by atoms with van der Waals surface area (Å²) >= 11 is 0. The minimum absolute atomic E-state index is 0.130. The largest absolute Gasteiger partial charge is 0.419 e. The molecule has 38 heavy (non-hydrogen) atoms. The zero-order chi connectivity index (χ0) is 27.0. The first-order valence-electron chi connectivity index (χ1n) is 12.6. The fraction of sp³-hybridized carbons (Fsp3) is 0.423. The van der Waals surface area contributed by atoms with Crippen molar-refractivity contribution < 1.29 is 14.0 Å². The van der Waals surface area contributed by atoms with Gasteiger partial charge in [0.15, 0.2) is 11.2 Å². The molecule has 1 saturated heterocycles. The molecule has 2 amide bonds. The highest BCUT2D eigenvalue weighted by molar-refractivity contribution is 5.98. The summed E-state index contributed by atoms with van der Waals surface area (Å²) in [5.74, 6) is -0.511. The van der Waals surface area contributed by atoms with Crippen LogP contribution >= 0.6 is 0 Å². The Morgan fingerprint density at radius 1 is 1.16 bits per heavy atom. The molecule has 4 heterocycles. The summed E-state index contributed by atoms with van der Waals surface area (Å²) in [6.07, 6.45) is 3.87. The number of likely N-dealkylation sites (tertiary alicyclic amines) is 1. The van der Waals surface area contributed by atoms with Crippen LogP contribution in [0.2, 0.25) is 0 Å². The van der Waals surface area contributed by atoms with Gasteiger partial charge in [0.2, 0.25) is 0 Å². The minimum atomic E-state index is -0.442. The molecule has 2 atom stereocenters. The molecular weight excluding hydrogens is 488 g/mol. The maximum atomic E-state index is 13.2. The molecule has 2 unspecified atom stereocenters. The Balaban J connectivity index is 0.00000144. The van der Waals surface area contributed by atoms with Crippen LogP contribution in [0.15, 0.2) is 45.7 Å². The zero-order valence-corrected chi connectivity index (χ0v) is 21.7. The van der Waals surface area contributed by atoms with Crippen molar-refractivity contribution in [2.75, 3.05) is 33.7 Å². The number of nitrogens with one attached hydrogen (secondary N) is 2. The number of aryl methyl sites for hydroxylation is 1. The molecule has 0 radical (unpaired) electrons. The van der Waals surface area contributed by atoms with Crippen molar-refractivity contribution in [3.63, 3.8) is 0 Å². The molecule has 1 aromatic carbocycles. The average molecular weight is 521 g/mol. The summed E-state index contributed by atoms with van der Waals surface area (Å²) < 4.78 is 8.02. The van der Waals surface area contributed by atoms with Gasteiger partial charge in [0.05, 0.1) is 11.7 Å². The van der Waals surface area contributed by atoms with E-state index in [0.29, 0.717) is 29.2 Å². The maximum absolute atomic E-state index is 13.2. The van der Waals surface area contributed by atoms with Crippen LogP contribution in [0.4, 0.5) is 0 Å². The molecule has 0 spiro atoms. The molecule has 200 valence electrons. The summed E-state index contributed by atoms with van der Waals surface area (Å²) in [5, 5.41) is 10.2. The lowest BCUT2D eigenvalue weighted by Gasteiger charge is -2.44. The number of nitrogens with zero attached hydrogens (tertiary/aromatic N) is 5. The summed E-state index contributed by atoms with van der Waals surface area (Å²) in [6.45, 7) is 2.88. The van der Waals surface area contributed by atoms with Crippen LogP contribution in [-0.2, 0) is 13.6 Å². The lowest BCUT2D eigenvalue weighted by molar-refractivity contribution is 0.0707. The first-order chi connectivity index (χ1) is 18.3. The number of carbonyl (C=O) groups is 2. The maximum Gasteiger partial charge on any atom is 0.419 e. The van der Waals surface area contributed by atoms with Gasteiger partial charge in [0.25, 0.3) is 11.8 Å². The van der Waals surface area contributed by atoms with Crippen molar-refractivity contribution in [2.45, 2.75) is 19.4 Å². The second-order valence-electron chi connectivity index (χ2n) is 10.0. The summed E-state index contributed by atoms with van der Waals surface area (Å²) in [5.41, 5.74) is 7.38. The molecule has 4 aromatic rings. The Morgan fingerprint density at radius 2 is 1.97 bits per heavy atom. The molecule has 0 bridgehead atoms. The fourth-order valence-electron chi connectivity index (χ4n) is 5.61. The average Bonchev–Trinajstić information content (AvgIpc) is 3.57. The second kappa shape index (κ2) is 10.0. The van der Waals surface area contributed by atoms with E-state index in [1.807, 2.05) is 0 Å². The van der Waals surface area contributed by atoms with Gasteiger partial charge in [-0.2, -0.15) is 5.10 Å². The molecule has 1 aliphatic carbocycles. The van der Waals surface area contributed by atoms with E-state index in [9.17, 15) is 14.4 Å². The molecule has 2 fully saturated rings. The van der Waals surface area contributed by atoms with Gasteiger partial charge >= 0.3 is 5.76 Å². The highest BCUT2D eigenvalue weighted by atomic mass is 16.4. The number of aromatic nitrogens is 4. The van der Waals surface area contributed by atoms with Crippen molar-refractivity contribution in [1.82, 2.24) is 34.7 Å². The molecule has 1 saturated carbocycles.